The molecular weight excluding hydrogens is 528 g/mol. The minimum Gasteiger partial charge on any atom is -0.724 e. The van der Waals surface area contributed by atoms with E-state index in [0.29, 0.717) is 0 Å². The van der Waals surface area contributed by atoms with Crippen LogP contribution in [0.25, 0.3) is 0 Å². The van der Waals surface area contributed by atoms with Crippen molar-refractivity contribution < 1.29 is 187 Å². The van der Waals surface area contributed by atoms with Crippen molar-refractivity contribution in [1.29, 1.82) is 0 Å². The summed E-state index contributed by atoms with van der Waals surface area (Å²) >= 11 is 0. The van der Waals surface area contributed by atoms with Crippen molar-refractivity contribution in [2.45, 2.75) is 0 Å². The summed E-state index contributed by atoms with van der Waals surface area (Å²) in [5.74, 6) is 0. The van der Waals surface area contributed by atoms with Crippen molar-refractivity contribution in [2.75, 3.05) is 13.1 Å². The maximum atomic E-state index is 10.3. The topological polar surface area (TPSA) is 272 Å². The molecule has 0 rings (SSSR count). The molecule has 0 aromatic heterocycles. The van der Waals surface area contributed by atoms with E-state index >= 15 is 0 Å². The fourth-order valence-electron chi connectivity index (χ4n) is 0.744. The van der Waals surface area contributed by atoms with Gasteiger partial charge in [0.05, 0.1) is 13.1 Å². The molecule has 0 unspecified atom stereocenters. The van der Waals surface area contributed by atoms with Crippen LogP contribution in [-0.4, -0.2) is 75.4 Å². The Morgan fingerprint density at radius 3 is 0.714 bits per heavy atom. The second-order valence-electron chi connectivity index (χ2n) is 3.04. The molecule has 146 valence electrons. The normalized spacial score (nSPS) is 12.4. The molecule has 0 amide bonds. The molecule has 0 heterocycles. The molecule has 0 bridgehead atoms. The van der Waals surface area contributed by atoms with Crippen molar-refractivity contribution in [3.05, 3.63) is 0 Å². The minimum atomic E-state index is -5.73. The van der Waals surface area contributed by atoms with Gasteiger partial charge in [0.15, 0.2) is 0 Å². The summed E-state index contributed by atoms with van der Waals surface area (Å²) in [5.41, 5.74) is 0. The van der Waals surface area contributed by atoms with E-state index in [2.05, 4.69) is 17.1 Å². The van der Waals surface area contributed by atoms with Gasteiger partial charge in [0, 0.05) is 0 Å². The zero-order valence-corrected chi connectivity index (χ0v) is 25.7. The van der Waals surface area contributed by atoms with E-state index in [1.165, 1.54) is 0 Å². The van der Waals surface area contributed by atoms with Crippen molar-refractivity contribution >= 4 is 41.6 Å². The molecule has 0 aliphatic carbocycles. The summed E-state index contributed by atoms with van der Waals surface area (Å²) in [4.78, 5) is 0. The molecule has 0 aliphatic rings. The van der Waals surface area contributed by atoms with Crippen molar-refractivity contribution in [3.8, 4) is 0 Å². The smallest absolute Gasteiger partial charge is 0.724 e. The van der Waals surface area contributed by atoms with E-state index in [-0.39, 0.29) is 118 Å². The predicted molar refractivity (Wildman–Crippen MR) is 56.5 cm³/mol. The Labute approximate surface area is 248 Å². The third-order valence-corrected chi connectivity index (χ3v) is 2.56. The molecule has 0 saturated carbocycles. The van der Waals surface area contributed by atoms with Crippen molar-refractivity contribution in [1.82, 2.24) is 10.5 Å². The van der Waals surface area contributed by atoms with E-state index in [4.69, 9.17) is 0 Å². The van der Waals surface area contributed by atoms with E-state index < -0.39 is 65.1 Å². The van der Waals surface area contributed by atoms with Gasteiger partial charge in [-0.2, -0.15) is 17.1 Å². The number of hydrogen-bond acceptors (Lipinski definition) is 18. The summed E-state index contributed by atoms with van der Waals surface area (Å²) in [6.07, 6.45) is 0. The van der Waals surface area contributed by atoms with Gasteiger partial charge in [0.2, 0.25) is 41.6 Å². The average molecular weight is 532 g/mol. The summed E-state index contributed by atoms with van der Waals surface area (Å²) in [5, 5.41) is -1.75. The summed E-state index contributed by atoms with van der Waals surface area (Å²) in [6, 6.07) is 0. The van der Waals surface area contributed by atoms with Crippen LogP contribution < -0.4 is 118 Å². The van der Waals surface area contributed by atoms with E-state index in [1.54, 1.807) is 0 Å². The largest absolute Gasteiger partial charge is 1.00 e. The van der Waals surface area contributed by atoms with Crippen LogP contribution in [0.5, 0.6) is 0 Å². The Kier molecular flexibility index (Phi) is 25.2. The van der Waals surface area contributed by atoms with Gasteiger partial charge in [0.25, 0.3) is 0 Å². The molecule has 0 aromatic carbocycles. The molecule has 0 aromatic rings. The number of hydrogen-bond donors (Lipinski definition) is 0. The molecule has 0 spiro atoms. The Morgan fingerprint density at radius 2 is 0.607 bits per heavy atom. The van der Waals surface area contributed by atoms with Gasteiger partial charge in [-0.3, -0.25) is 0 Å². The fourth-order valence-corrected chi connectivity index (χ4v) is 2.06. The second-order valence-corrected chi connectivity index (χ2v) is 6.91. The van der Waals surface area contributed by atoms with Crippen LogP contribution in [0.2, 0.25) is 0 Å². The van der Waals surface area contributed by atoms with Gasteiger partial charge in [-0.15, -0.1) is 0 Å². The van der Waals surface area contributed by atoms with Gasteiger partial charge < -0.3 is 18.2 Å². The van der Waals surface area contributed by atoms with Crippen LogP contribution in [0.15, 0.2) is 0 Å². The Hall–Kier alpha value is 3.40. The van der Waals surface area contributed by atoms with Crippen LogP contribution in [0, 0.1) is 0 Å². The molecule has 0 aliphatic heterocycles. The van der Waals surface area contributed by atoms with Gasteiger partial charge >= 0.3 is 118 Å². The third kappa shape index (κ3) is 29.4. The SMILES string of the molecule is O=S(=O)([O-])ON(CCN(OS(=O)(=O)[O-])OS(=O)(=O)[O-])OS(=O)(=O)[O-].[Na+].[Na+].[Na+].[Na+]. The fraction of sp³-hybridized carbons (Fsp3) is 1.00. The molecule has 0 radical (unpaired) electrons. The number of nitrogens with zero attached hydrogens (tertiary/aromatic N) is 2. The van der Waals surface area contributed by atoms with Crippen molar-refractivity contribution in [3.63, 3.8) is 0 Å². The third-order valence-electron chi connectivity index (χ3n) is 1.16. The first-order chi connectivity index (χ1) is 10.4. The maximum absolute atomic E-state index is 10.3. The van der Waals surface area contributed by atoms with Gasteiger partial charge in [-0.05, 0) is 10.5 Å². The van der Waals surface area contributed by atoms with E-state index in [9.17, 15) is 51.9 Å². The van der Waals surface area contributed by atoms with Gasteiger partial charge in [0.1, 0.15) is 0 Å². The molecule has 0 saturated heterocycles. The molecule has 0 atom stereocenters. The van der Waals surface area contributed by atoms with Gasteiger partial charge in [-0.25, -0.2) is 33.7 Å². The first kappa shape index (κ1) is 41.6. The summed E-state index contributed by atoms with van der Waals surface area (Å²) < 4.78 is 136. The molecule has 0 fully saturated rings. The quantitative estimate of drug-likeness (QED) is 0.103. The Balaban J connectivity index is -0.000000441. The monoisotopic (exact) mass is 532 g/mol. The van der Waals surface area contributed by atoms with Crippen molar-refractivity contribution in [2.24, 2.45) is 0 Å². The Morgan fingerprint density at radius 1 is 0.464 bits per heavy atom. The average Bonchev–Trinajstić information content (AvgIpc) is 2.16. The van der Waals surface area contributed by atoms with E-state index in [0.717, 1.165) is 0 Å². The van der Waals surface area contributed by atoms with Crippen LogP contribution in [-0.2, 0) is 58.7 Å². The zero-order chi connectivity index (χ0) is 19.4. The van der Waals surface area contributed by atoms with Crippen LogP contribution >= 0.6 is 0 Å². The maximum Gasteiger partial charge on any atom is 1.00 e. The molecule has 0 N–H and O–H groups in total. The predicted octanol–water partition coefficient (Wildman–Crippen LogP) is -16.8. The van der Waals surface area contributed by atoms with E-state index in [1.807, 2.05) is 0 Å². The molecular formula is C2H4N2Na4O16S4. The first-order valence-corrected chi connectivity index (χ1v) is 9.86. The summed E-state index contributed by atoms with van der Waals surface area (Å²) in [7, 11) is -22.9. The number of hydroxylamine groups is 4. The van der Waals surface area contributed by atoms with Crippen LogP contribution in [0.3, 0.4) is 0 Å². The molecule has 26 heteroatoms. The minimum absolute atomic E-state index is 0. The number of rotatable bonds is 11. The van der Waals surface area contributed by atoms with Gasteiger partial charge in [-0.1, -0.05) is 0 Å². The summed E-state index contributed by atoms with van der Waals surface area (Å²) in [6.45, 7) is -2.98. The second kappa shape index (κ2) is 16.9. The first-order valence-electron chi connectivity index (χ1n) is 4.53. The Bertz CT molecular complexity index is 695. The molecule has 28 heavy (non-hydrogen) atoms. The standard InChI is InChI=1S/C2H8N2O16S4.4Na/c5-21(6,7)17-3(18-22(8,9)10)1-2-4(19-23(11,12)13)20-24(14,15)16;;;;/h1-2H2,(H,5,6,7)(H,8,9,10)(H,11,12,13)(H,14,15,16);;;;/q;4*+1/p-4. The zero-order valence-electron chi connectivity index (χ0n) is 14.5. The molecule has 18 nitrogen and oxygen atoms in total. The van der Waals surface area contributed by atoms with Crippen LogP contribution in [0.1, 0.15) is 0 Å². The van der Waals surface area contributed by atoms with Crippen LogP contribution in [0.4, 0.5) is 0 Å².